The first-order valence-electron chi connectivity index (χ1n) is 5.57. The Balaban J connectivity index is 1.83. The molecule has 80 valence electrons. The number of nitrogen functional groups attached to an aromatic ring is 1. The average molecular weight is 204 g/mol. The van der Waals surface area contributed by atoms with E-state index in [1.807, 2.05) is 18.2 Å². The fraction of sp³-hybridized carbons (Fsp3) is 0.500. The number of hydrogen-bond acceptors (Lipinski definition) is 3. The Morgan fingerprint density at radius 3 is 2.60 bits per heavy atom. The maximum Gasteiger partial charge on any atom is 0.0755 e. The highest BCUT2D eigenvalue weighted by Crippen LogP contribution is 2.30. The summed E-state index contributed by atoms with van der Waals surface area (Å²) in [5, 5.41) is 0. The van der Waals surface area contributed by atoms with Crippen molar-refractivity contribution in [1.29, 1.82) is 0 Å². The van der Waals surface area contributed by atoms with Crippen LogP contribution in [-0.2, 0) is 4.74 Å². The van der Waals surface area contributed by atoms with Gasteiger partial charge in [0.25, 0.3) is 0 Å². The van der Waals surface area contributed by atoms with Crippen molar-refractivity contribution in [2.75, 3.05) is 23.7 Å². The van der Waals surface area contributed by atoms with Crippen molar-refractivity contribution in [3.8, 4) is 0 Å². The van der Waals surface area contributed by atoms with Gasteiger partial charge < -0.3 is 15.4 Å². The smallest absolute Gasteiger partial charge is 0.0755 e. The Kier molecular flexibility index (Phi) is 2.06. The van der Waals surface area contributed by atoms with Crippen molar-refractivity contribution in [3.05, 3.63) is 24.3 Å². The first-order chi connectivity index (χ1) is 7.31. The molecule has 0 amide bonds. The van der Waals surface area contributed by atoms with Crippen LogP contribution in [0.2, 0.25) is 0 Å². The zero-order valence-corrected chi connectivity index (χ0v) is 8.73. The molecule has 2 fully saturated rings. The molecule has 2 N–H and O–H groups in total. The van der Waals surface area contributed by atoms with Crippen molar-refractivity contribution in [1.82, 2.24) is 0 Å². The average Bonchev–Trinajstić information content (AvgIpc) is 2.58. The highest BCUT2D eigenvalue weighted by atomic mass is 16.5. The van der Waals surface area contributed by atoms with Crippen LogP contribution >= 0.6 is 0 Å². The minimum Gasteiger partial charge on any atom is -0.399 e. The van der Waals surface area contributed by atoms with Crippen LogP contribution < -0.4 is 10.6 Å². The lowest BCUT2D eigenvalue weighted by Gasteiger charge is -2.33. The molecule has 2 saturated heterocycles. The molecule has 1 aromatic carbocycles. The molecule has 0 aliphatic carbocycles. The molecule has 0 aromatic heterocycles. The SMILES string of the molecule is Nc1cccc(N2C[C@H]3CC[C@@H](C2)O3)c1. The third kappa shape index (κ3) is 1.67. The summed E-state index contributed by atoms with van der Waals surface area (Å²) < 4.78 is 5.81. The van der Waals surface area contributed by atoms with E-state index in [0.717, 1.165) is 18.8 Å². The number of rotatable bonds is 1. The zero-order chi connectivity index (χ0) is 10.3. The summed E-state index contributed by atoms with van der Waals surface area (Å²) in [6.45, 7) is 2.03. The normalized spacial score (nSPS) is 29.5. The van der Waals surface area contributed by atoms with Gasteiger partial charge in [-0.25, -0.2) is 0 Å². The lowest BCUT2D eigenvalue weighted by Crippen LogP contribution is -2.42. The largest absolute Gasteiger partial charge is 0.399 e. The van der Waals surface area contributed by atoms with Gasteiger partial charge in [-0.05, 0) is 31.0 Å². The van der Waals surface area contributed by atoms with Crippen molar-refractivity contribution >= 4 is 11.4 Å². The van der Waals surface area contributed by atoms with Gasteiger partial charge >= 0.3 is 0 Å². The molecule has 2 aliphatic rings. The topological polar surface area (TPSA) is 38.5 Å². The number of nitrogens with two attached hydrogens (primary N) is 1. The summed E-state index contributed by atoms with van der Waals surface area (Å²) in [5.41, 5.74) is 7.86. The maximum absolute atomic E-state index is 5.81. The molecule has 3 nitrogen and oxygen atoms in total. The van der Waals surface area contributed by atoms with Crippen LogP contribution in [0.5, 0.6) is 0 Å². The molecule has 0 spiro atoms. The summed E-state index contributed by atoms with van der Waals surface area (Å²) in [5.74, 6) is 0. The van der Waals surface area contributed by atoms with E-state index < -0.39 is 0 Å². The molecule has 2 bridgehead atoms. The molecule has 0 radical (unpaired) electrons. The lowest BCUT2D eigenvalue weighted by atomic mass is 10.2. The molecule has 1 aromatic rings. The molecule has 2 heterocycles. The van der Waals surface area contributed by atoms with Gasteiger partial charge in [-0.3, -0.25) is 0 Å². The number of nitrogens with zero attached hydrogens (tertiary/aromatic N) is 1. The second-order valence-electron chi connectivity index (χ2n) is 4.46. The third-order valence-electron chi connectivity index (χ3n) is 3.28. The predicted molar refractivity (Wildman–Crippen MR) is 61.0 cm³/mol. The number of morpholine rings is 1. The minimum atomic E-state index is 0.435. The monoisotopic (exact) mass is 204 g/mol. The van der Waals surface area contributed by atoms with Gasteiger partial charge in [0.2, 0.25) is 0 Å². The van der Waals surface area contributed by atoms with Crippen LogP contribution in [-0.4, -0.2) is 25.3 Å². The van der Waals surface area contributed by atoms with Crippen LogP contribution in [0.3, 0.4) is 0 Å². The van der Waals surface area contributed by atoms with Crippen molar-refractivity contribution in [2.24, 2.45) is 0 Å². The standard InChI is InChI=1S/C12H16N2O/c13-9-2-1-3-10(6-9)14-7-11-4-5-12(8-14)15-11/h1-3,6,11-12H,4-5,7-8,13H2/t11-,12+. The number of anilines is 2. The van der Waals surface area contributed by atoms with Crippen LogP contribution in [0, 0.1) is 0 Å². The first-order valence-corrected chi connectivity index (χ1v) is 5.57. The number of benzene rings is 1. The summed E-state index contributed by atoms with van der Waals surface area (Å²) in [7, 11) is 0. The Bertz CT molecular complexity index is 354. The van der Waals surface area contributed by atoms with Crippen molar-refractivity contribution in [3.63, 3.8) is 0 Å². The van der Waals surface area contributed by atoms with Crippen molar-refractivity contribution in [2.45, 2.75) is 25.0 Å². The van der Waals surface area contributed by atoms with Crippen LogP contribution in [0.1, 0.15) is 12.8 Å². The molecule has 3 heteroatoms. The molecule has 0 unspecified atom stereocenters. The number of hydrogen-bond donors (Lipinski definition) is 1. The second-order valence-corrected chi connectivity index (χ2v) is 4.46. The zero-order valence-electron chi connectivity index (χ0n) is 8.73. The molecule has 0 saturated carbocycles. The van der Waals surface area contributed by atoms with Crippen LogP contribution in [0.4, 0.5) is 11.4 Å². The fourth-order valence-electron chi connectivity index (χ4n) is 2.55. The van der Waals surface area contributed by atoms with Crippen LogP contribution in [0.25, 0.3) is 0 Å². The van der Waals surface area contributed by atoms with Gasteiger partial charge in [-0.1, -0.05) is 6.07 Å². The van der Waals surface area contributed by atoms with E-state index in [1.165, 1.54) is 18.5 Å². The highest BCUT2D eigenvalue weighted by Gasteiger charge is 2.33. The summed E-state index contributed by atoms with van der Waals surface area (Å²) in [6, 6.07) is 8.12. The first kappa shape index (κ1) is 9.04. The Hall–Kier alpha value is -1.22. The predicted octanol–water partition coefficient (Wildman–Crippen LogP) is 1.64. The Morgan fingerprint density at radius 2 is 1.93 bits per heavy atom. The molecule has 3 rings (SSSR count). The van der Waals surface area contributed by atoms with Gasteiger partial charge in [0.15, 0.2) is 0 Å². The highest BCUT2D eigenvalue weighted by molar-refractivity contribution is 5.56. The fourth-order valence-corrected chi connectivity index (χ4v) is 2.55. The van der Waals surface area contributed by atoms with Gasteiger partial charge in [0, 0.05) is 24.5 Å². The minimum absolute atomic E-state index is 0.435. The number of ether oxygens (including phenoxy) is 1. The van der Waals surface area contributed by atoms with E-state index in [2.05, 4.69) is 11.0 Å². The van der Waals surface area contributed by atoms with Gasteiger partial charge in [-0.2, -0.15) is 0 Å². The lowest BCUT2D eigenvalue weighted by molar-refractivity contribution is 0.0305. The molecular weight excluding hydrogens is 188 g/mol. The molecular formula is C12H16N2O. The third-order valence-corrected chi connectivity index (χ3v) is 3.28. The summed E-state index contributed by atoms with van der Waals surface area (Å²) >= 11 is 0. The summed E-state index contributed by atoms with van der Waals surface area (Å²) in [4.78, 5) is 2.39. The van der Waals surface area contributed by atoms with Gasteiger partial charge in [0.1, 0.15) is 0 Å². The molecule has 2 atom stereocenters. The van der Waals surface area contributed by atoms with Gasteiger partial charge in [-0.15, -0.1) is 0 Å². The van der Waals surface area contributed by atoms with E-state index in [9.17, 15) is 0 Å². The van der Waals surface area contributed by atoms with E-state index in [0.29, 0.717) is 12.2 Å². The Morgan fingerprint density at radius 1 is 1.20 bits per heavy atom. The van der Waals surface area contributed by atoms with E-state index >= 15 is 0 Å². The van der Waals surface area contributed by atoms with Crippen LogP contribution in [0.15, 0.2) is 24.3 Å². The second kappa shape index (κ2) is 3.42. The van der Waals surface area contributed by atoms with Gasteiger partial charge in [0.05, 0.1) is 12.2 Å². The quantitative estimate of drug-likeness (QED) is 0.707. The Labute approximate surface area is 89.8 Å². The van der Waals surface area contributed by atoms with E-state index in [-0.39, 0.29) is 0 Å². The maximum atomic E-state index is 5.81. The number of fused-ring (bicyclic) bond motifs is 2. The van der Waals surface area contributed by atoms with E-state index in [1.54, 1.807) is 0 Å². The van der Waals surface area contributed by atoms with Crippen molar-refractivity contribution < 1.29 is 4.74 Å². The molecule has 2 aliphatic heterocycles. The van der Waals surface area contributed by atoms with E-state index in [4.69, 9.17) is 10.5 Å². The summed E-state index contributed by atoms with van der Waals surface area (Å²) in [6.07, 6.45) is 3.29. The molecule has 15 heavy (non-hydrogen) atoms.